The number of hydrazone groups is 1. The van der Waals surface area contributed by atoms with Gasteiger partial charge in [-0.3, -0.25) is 25.0 Å². The molecule has 9 heteroatoms. The molecule has 1 N–H and O–H groups in total. The van der Waals surface area contributed by atoms with E-state index in [1.807, 2.05) is 0 Å². The first-order valence-corrected chi connectivity index (χ1v) is 6.72. The fraction of sp³-hybridized carbons (Fsp3) is 0.0667. The molecule has 2 rings (SSSR count). The molecule has 0 bridgehead atoms. The molecule has 0 heterocycles. The highest BCUT2D eigenvalue weighted by Crippen LogP contribution is 2.20. The second-order valence-electron chi connectivity index (χ2n) is 4.75. The van der Waals surface area contributed by atoms with Gasteiger partial charge in [0.1, 0.15) is 0 Å². The number of nitro groups is 2. The molecule has 0 unspecified atom stereocenters. The van der Waals surface area contributed by atoms with Crippen molar-refractivity contribution in [2.24, 2.45) is 5.10 Å². The van der Waals surface area contributed by atoms with Gasteiger partial charge < -0.3 is 0 Å². The Morgan fingerprint density at radius 2 is 1.75 bits per heavy atom. The van der Waals surface area contributed by atoms with Gasteiger partial charge >= 0.3 is 0 Å². The molecule has 24 heavy (non-hydrogen) atoms. The van der Waals surface area contributed by atoms with Crippen LogP contribution in [0.25, 0.3) is 0 Å². The van der Waals surface area contributed by atoms with Gasteiger partial charge in [-0.1, -0.05) is 6.07 Å². The molecule has 9 nitrogen and oxygen atoms in total. The maximum absolute atomic E-state index is 12.0. The van der Waals surface area contributed by atoms with Crippen LogP contribution in [0.4, 0.5) is 11.4 Å². The third kappa shape index (κ3) is 3.77. The minimum absolute atomic E-state index is 0.0524. The number of benzene rings is 2. The highest BCUT2D eigenvalue weighted by Gasteiger charge is 2.17. The van der Waals surface area contributed by atoms with Crippen LogP contribution in [-0.2, 0) is 0 Å². The number of carbonyl (C=O) groups excluding carboxylic acids is 1. The Bertz CT molecular complexity index is 830. The third-order valence-corrected chi connectivity index (χ3v) is 3.23. The van der Waals surface area contributed by atoms with Crippen LogP contribution in [0.2, 0.25) is 0 Å². The van der Waals surface area contributed by atoms with Crippen LogP contribution in [0.1, 0.15) is 21.5 Å². The molecule has 2 aromatic rings. The van der Waals surface area contributed by atoms with E-state index in [0.717, 1.165) is 0 Å². The lowest BCUT2D eigenvalue weighted by Gasteiger charge is -2.04. The van der Waals surface area contributed by atoms with Crippen molar-refractivity contribution in [3.8, 4) is 0 Å². The Morgan fingerprint density at radius 1 is 1.08 bits per heavy atom. The topological polar surface area (TPSA) is 128 Å². The van der Waals surface area contributed by atoms with E-state index in [9.17, 15) is 25.0 Å². The average Bonchev–Trinajstić information content (AvgIpc) is 2.55. The van der Waals surface area contributed by atoms with E-state index in [2.05, 4.69) is 10.5 Å². The van der Waals surface area contributed by atoms with Crippen LogP contribution in [0, 0.1) is 27.2 Å². The van der Waals surface area contributed by atoms with Crippen molar-refractivity contribution in [3.63, 3.8) is 0 Å². The largest absolute Gasteiger partial charge is 0.273 e. The first-order chi connectivity index (χ1) is 11.4. The van der Waals surface area contributed by atoms with Crippen molar-refractivity contribution in [2.75, 3.05) is 0 Å². The summed E-state index contributed by atoms with van der Waals surface area (Å²) in [5.74, 6) is -0.589. The monoisotopic (exact) mass is 328 g/mol. The Balaban J connectivity index is 2.09. The minimum Gasteiger partial charge on any atom is -0.267 e. The van der Waals surface area contributed by atoms with Gasteiger partial charge in [0.15, 0.2) is 0 Å². The molecule has 0 radical (unpaired) electrons. The Kier molecular flexibility index (Phi) is 4.95. The van der Waals surface area contributed by atoms with Gasteiger partial charge in [-0.2, -0.15) is 5.10 Å². The van der Waals surface area contributed by atoms with E-state index in [4.69, 9.17) is 0 Å². The molecule has 0 aliphatic heterocycles. The van der Waals surface area contributed by atoms with Crippen LogP contribution in [0.3, 0.4) is 0 Å². The molecule has 0 spiro atoms. The molecule has 122 valence electrons. The van der Waals surface area contributed by atoms with E-state index in [1.165, 1.54) is 55.6 Å². The van der Waals surface area contributed by atoms with Crippen LogP contribution in [0.15, 0.2) is 47.6 Å². The average molecular weight is 328 g/mol. The summed E-state index contributed by atoms with van der Waals surface area (Å²) in [6.45, 7) is 1.48. The number of hydrogen-bond donors (Lipinski definition) is 1. The standard InChI is InChI=1S/C15H12N4O5/c1-10-13(3-2-4-14(10)19(23)24)15(20)17-16-9-11-5-7-12(8-6-11)18(21)22/h2-9H,1H3,(H,17,20)/b16-9-. The lowest BCUT2D eigenvalue weighted by molar-refractivity contribution is -0.385. The van der Waals surface area contributed by atoms with E-state index in [-0.39, 0.29) is 22.5 Å². The summed E-state index contributed by atoms with van der Waals surface area (Å²) in [7, 11) is 0. The molecular formula is C15H12N4O5. The summed E-state index contributed by atoms with van der Waals surface area (Å²) in [4.78, 5) is 32.4. The van der Waals surface area contributed by atoms with Crippen molar-refractivity contribution in [3.05, 3.63) is 79.4 Å². The highest BCUT2D eigenvalue weighted by molar-refractivity contribution is 5.97. The van der Waals surface area contributed by atoms with E-state index in [0.29, 0.717) is 5.56 Å². The second kappa shape index (κ2) is 7.09. The Hall–Kier alpha value is -3.62. The van der Waals surface area contributed by atoms with E-state index in [1.54, 1.807) is 0 Å². The number of nitrogens with zero attached hydrogens (tertiary/aromatic N) is 3. The molecule has 0 saturated heterocycles. The maximum atomic E-state index is 12.0. The van der Waals surface area contributed by atoms with Crippen molar-refractivity contribution in [2.45, 2.75) is 6.92 Å². The number of non-ortho nitro benzene ring substituents is 1. The second-order valence-corrected chi connectivity index (χ2v) is 4.75. The number of hydrogen-bond acceptors (Lipinski definition) is 6. The summed E-state index contributed by atoms with van der Waals surface area (Å²) >= 11 is 0. The van der Waals surface area contributed by atoms with E-state index < -0.39 is 15.8 Å². The van der Waals surface area contributed by atoms with Crippen LogP contribution in [0.5, 0.6) is 0 Å². The van der Waals surface area contributed by atoms with Crippen molar-refractivity contribution in [1.29, 1.82) is 0 Å². The summed E-state index contributed by atoms with van der Waals surface area (Å²) in [6.07, 6.45) is 1.31. The molecule has 0 aliphatic rings. The number of carbonyl (C=O) groups is 1. The summed E-state index contributed by atoms with van der Waals surface area (Å²) in [5.41, 5.74) is 3.00. The van der Waals surface area contributed by atoms with Crippen molar-refractivity contribution in [1.82, 2.24) is 5.43 Å². The van der Waals surface area contributed by atoms with Gasteiger partial charge in [-0.25, -0.2) is 5.43 Å². The van der Waals surface area contributed by atoms with Gasteiger partial charge in [0.05, 0.1) is 21.6 Å². The van der Waals surface area contributed by atoms with E-state index >= 15 is 0 Å². The molecule has 1 amide bonds. The Labute approximate surface area is 135 Å². The maximum Gasteiger partial charge on any atom is 0.273 e. The smallest absolute Gasteiger partial charge is 0.267 e. The number of amides is 1. The van der Waals surface area contributed by atoms with Crippen molar-refractivity contribution >= 4 is 23.5 Å². The molecule has 0 fully saturated rings. The molecular weight excluding hydrogens is 316 g/mol. The summed E-state index contributed by atoms with van der Waals surface area (Å²) in [5, 5.41) is 25.2. The summed E-state index contributed by atoms with van der Waals surface area (Å²) in [6, 6.07) is 9.77. The number of rotatable bonds is 5. The SMILES string of the molecule is Cc1c(C(=O)N/N=C\c2ccc([N+](=O)[O-])cc2)cccc1[N+](=O)[O-]. The fourth-order valence-corrected chi connectivity index (χ4v) is 1.98. The predicted molar refractivity (Wildman–Crippen MR) is 86.0 cm³/mol. The predicted octanol–water partition coefficient (Wildman–Crippen LogP) is 2.58. The van der Waals surface area contributed by atoms with Gasteiger partial charge in [-0.15, -0.1) is 0 Å². The van der Waals surface area contributed by atoms with Crippen molar-refractivity contribution < 1.29 is 14.6 Å². The van der Waals surface area contributed by atoms with Crippen LogP contribution in [-0.4, -0.2) is 22.0 Å². The molecule has 0 aliphatic carbocycles. The first kappa shape index (κ1) is 16.7. The van der Waals surface area contributed by atoms with Crippen LogP contribution < -0.4 is 5.43 Å². The number of nitro benzene ring substituents is 2. The van der Waals surface area contributed by atoms with Gasteiger partial charge in [-0.05, 0) is 30.7 Å². The quantitative estimate of drug-likeness (QED) is 0.512. The summed E-state index contributed by atoms with van der Waals surface area (Å²) < 4.78 is 0. The normalized spacial score (nSPS) is 10.5. The zero-order chi connectivity index (χ0) is 17.7. The lowest BCUT2D eigenvalue weighted by Crippen LogP contribution is -2.19. The Morgan fingerprint density at radius 3 is 2.33 bits per heavy atom. The zero-order valence-electron chi connectivity index (χ0n) is 12.5. The fourth-order valence-electron chi connectivity index (χ4n) is 1.98. The minimum atomic E-state index is -0.589. The van der Waals surface area contributed by atoms with Gasteiger partial charge in [0.25, 0.3) is 17.3 Å². The molecule has 2 aromatic carbocycles. The molecule has 0 saturated carbocycles. The highest BCUT2D eigenvalue weighted by atomic mass is 16.6. The zero-order valence-corrected chi connectivity index (χ0v) is 12.5. The van der Waals surface area contributed by atoms with Gasteiger partial charge in [0, 0.05) is 23.8 Å². The third-order valence-electron chi connectivity index (χ3n) is 3.23. The first-order valence-electron chi connectivity index (χ1n) is 6.72. The number of nitrogens with one attached hydrogen (secondary N) is 1. The lowest BCUT2D eigenvalue weighted by atomic mass is 10.1. The molecule has 0 aromatic heterocycles. The van der Waals surface area contributed by atoms with Crippen LogP contribution >= 0.6 is 0 Å². The van der Waals surface area contributed by atoms with Gasteiger partial charge in [0.2, 0.25) is 0 Å². The molecule has 0 atom stereocenters.